The molecule has 2 aliphatic rings. The Morgan fingerprint density at radius 2 is 1.94 bits per heavy atom. The van der Waals surface area contributed by atoms with Gasteiger partial charge in [0.15, 0.2) is 0 Å². The molecule has 2 aliphatic heterocycles. The molecule has 9 unspecified atom stereocenters. The van der Waals surface area contributed by atoms with E-state index >= 15 is 0 Å². The molecule has 9 heteroatoms. The molecule has 2 fully saturated rings. The number of carbonyl (C=O) groups is 1. The Bertz CT molecular complexity index is 722. The second-order valence-corrected chi connectivity index (χ2v) is 9.81. The molecule has 2 saturated heterocycles. The van der Waals surface area contributed by atoms with Crippen molar-refractivity contribution >= 4 is 17.7 Å². The van der Waals surface area contributed by atoms with Gasteiger partial charge >= 0.3 is 0 Å². The number of hydrogen-bond donors (Lipinski definition) is 6. The highest BCUT2D eigenvalue weighted by atomic mass is 32.2. The Hall–Kier alpha value is -1.20. The molecule has 1 aromatic rings. The summed E-state index contributed by atoms with van der Waals surface area (Å²) in [5.41, 5.74) is 0.514. The number of hydrogen-bond acceptors (Lipinski definition) is 8. The van der Waals surface area contributed by atoms with Gasteiger partial charge in [0.1, 0.15) is 29.9 Å². The Morgan fingerprint density at radius 3 is 2.59 bits per heavy atom. The molecule has 1 amide bonds. The zero-order chi connectivity index (χ0) is 23.3. The summed E-state index contributed by atoms with van der Waals surface area (Å²) in [5, 5.41) is 47.2. The van der Waals surface area contributed by atoms with E-state index in [4.69, 9.17) is 4.74 Å². The fourth-order valence-electron chi connectivity index (χ4n) is 4.58. The molecule has 0 aromatic heterocycles. The van der Waals surface area contributed by atoms with Crippen LogP contribution in [0.1, 0.15) is 31.7 Å². The number of piperidine rings is 1. The van der Waals surface area contributed by atoms with Gasteiger partial charge in [0, 0.05) is 0 Å². The lowest BCUT2D eigenvalue weighted by molar-refractivity contribution is -0.211. The number of rotatable bonds is 8. The van der Waals surface area contributed by atoms with Crippen LogP contribution < -0.4 is 10.6 Å². The van der Waals surface area contributed by atoms with Crippen molar-refractivity contribution in [3.8, 4) is 0 Å². The monoisotopic (exact) mass is 468 g/mol. The van der Waals surface area contributed by atoms with E-state index in [0.717, 1.165) is 25.8 Å². The highest BCUT2D eigenvalue weighted by Gasteiger charge is 2.48. The van der Waals surface area contributed by atoms with Gasteiger partial charge in [0.05, 0.1) is 18.2 Å². The molecule has 0 bridgehead atoms. The van der Waals surface area contributed by atoms with Crippen molar-refractivity contribution in [1.82, 2.24) is 10.6 Å². The normalized spacial score (nSPS) is 35.1. The lowest BCUT2D eigenvalue weighted by Crippen LogP contribution is -2.66. The number of amides is 1. The third-order valence-electron chi connectivity index (χ3n) is 6.53. The standard InChI is InChI=1S/C23H36N2O6S/c1-13(26)17(21-19(28)18(27)20(29)23(31-21)32-2)25-22(30)16-12-15(10-11-24-16)9-8-14-6-4-3-5-7-14/h3-7,13,15-21,23-24,26-29H,8-12H2,1-2H3,(H,25,30). The zero-order valence-corrected chi connectivity index (χ0v) is 19.4. The Morgan fingerprint density at radius 1 is 1.22 bits per heavy atom. The molecule has 2 heterocycles. The van der Waals surface area contributed by atoms with Crippen molar-refractivity contribution in [2.24, 2.45) is 5.92 Å². The summed E-state index contributed by atoms with van der Waals surface area (Å²) in [7, 11) is 0. The van der Waals surface area contributed by atoms with E-state index in [1.54, 1.807) is 6.26 Å². The average molecular weight is 469 g/mol. The van der Waals surface area contributed by atoms with E-state index in [-0.39, 0.29) is 5.91 Å². The van der Waals surface area contributed by atoms with E-state index in [1.165, 1.54) is 24.2 Å². The molecule has 0 saturated carbocycles. The van der Waals surface area contributed by atoms with Crippen LogP contribution in [0.3, 0.4) is 0 Å². The van der Waals surface area contributed by atoms with Crippen LogP contribution in [-0.2, 0) is 16.0 Å². The van der Waals surface area contributed by atoms with E-state index in [2.05, 4.69) is 22.8 Å². The van der Waals surface area contributed by atoms with E-state index < -0.39 is 48.0 Å². The fraction of sp³-hybridized carbons (Fsp3) is 0.696. The Labute approximate surface area is 193 Å². The van der Waals surface area contributed by atoms with Crippen LogP contribution in [0.15, 0.2) is 30.3 Å². The van der Waals surface area contributed by atoms with Crippen molar-refractivity contribution in [2.75, 3.05) is 12.8 Å². The fourth-order valence-corrected chi connectivity index (χ4v) is 5.26. The van der Waals surface area contributed by atoms with Gasteiger partial charge in [-0.3, -0.25) is 4.79 Å². The molecule has 32 heavy (non-hydrogen) atoms. The first-order chi connectivity index (χ1) is 15.3. The van der Waals surface area contributed by atoms with Gasteiger partial charge in [-0.25, -0.2) is 0 Å². The number of thioether (sulfide) groups is 1. The minimum atomic E-state index is -1.44. The summed E-state index contributed by atoms with van der Waals surface area (Å²) in [6.07, 6.45) is -0.833. The predicted molar refractivity (Wildman–Crippen MR) is 123 cm³/mol. The maximum Gasteiger partial charge on any atom is 0.237 e. The molecule has 9 atom stereocenters. The molecule has 180 valence electrons. The summed E-state index contributed by atoms with van der Waals surface area (Å²) >= 11 is 1.19. The van der Waals surface area contributed by atoms with Crippen molar-refractivity contribution in [3.63, 3.8) is 0 Å². The van der Waals surface area contributed by atoms with Crippen molar-refractivity contribution < 1.29 is 30.0 Å². The number of aryl methyl sites for hydroxylation is 1. The zero-order valence-electron chi connectivity index (χ0n) is 18.6. The molecule has 1 aromatic carbocycles. The molecular weight excluding hydrogens is 432 g/mol. The van der Waals surface area contributed by atoms with Crippen LogP contribution in [0.2, 0.25) is 0 Å². The first kappa shape index (κ1) is 25.4. The number of nitrogens with one attached hydrogen (secondary N) is 2. The van der Waals surface area contributed by atoms with Gasteiger partial charge < -0.3 is 35.8 Å². The maximum absolute atomic E-state index is 13.0. The van der Waals surface area contributed by atoms with Crippen LogP contribution in [-0.4, -0.2) is 87.2 Å². The highest BCUT2D eigenvalue weighted by Crippen LogP contribution is 2.30. The number of aliphatic hydroxyl groups is 4. The predicted octanol–water partition coefficient (Wildman–Crippen LogP) is 0.0236. The van der Waals surface area contributed by atoms with Crippen molar-refractivity contribution in [1.29, 1.82) is 0 Å². The van der Waals surface area contributed by atoms with Crippen LogP contribution in [0.4, 0.5) is 0 Å². The third-order valence-corrected chi connectivity index (χ3v) is 7.39. The van der Waals surface area contributed by atoms with Gasteiger partial charge in [-0.15, -0.1) is 11.8 Å². The van der Waals surface area contributed by atoms with Crippen LogP contribution in [0.25, 0.3) is 0 Å². The summed E-state index contributed by atoms with van der Waals surface area (Å²) in [6, 6.07) is 8.95. The van der Waals surface area contributed by atoms with Gasteiger partial charge in [-0.1, -0.05) is 30.3 Å². The Kier molecular flexibility index (Phi) is 9.36. The number of aliphatic hydroxyl groups excluding tert-OH is 4. The van der Waals surface area contributed by atoms with Crippen molar-refractivity contribution in [3.05, 3.63) is 35.9 Å². The first-order valence-corrected chi connectivity index (χ1v) is 12.6. The second-order valence-electron chi connectivity index (χ2n) is 8.87. The van der Waals surface area contributed by atoms with E-state index in [1.807, 2.05) is 18.2 Å². The SMILES string of the molecule is CSC1OC(C(NC(=O)C2CC(CCc3ccccc3)CCN2)C(C)O)C(O)C(O)C1O. The molecule has 6 N–H and O–H groups in total. The lowest BCUT2D eigenvalue weighted by Gasteiger charge is -2.44. The number of ether oxygens (including phenoxy) is 1. The van der Waals surface area contributed by atoms with Crippen molar-refractivity contribution in [2.45, 2.75) is 80.6 Å². The Balaban J connectivity index is 1.60. The summed E-state index contributed by atoms with van der Waals surface area (Å²) in [4.78, 5) is 13.0. The summed E-state index contributed by atoms with van der Waals surface area (Å²) in [5.74, 6) is 0.143. The molecule has 0 radical (unpaired) electrons. The van der Waals surface area contributed by atoms with Gasteiger partial charge in [-0.2, -0.15) is 0 Å². The maximum atomic E-state index is 13.0. The molecule has 8 nitrogen and oxygen atoms in total. The second kappa shape index (κ2) is 11.8. The molecule has 0 spiro atoms. The summed E-state index contributed by atoms with van der Waals surface area (Å²) < 4.78 is 5.76. The minimum Gasteiger partial charge on any atom is -0.391 e. The quantitative estimate of drug-likeness (QED) is 0.315. The van der Waals surface area contributed by atoms with Gasteiger partial charge in [-0.05, 0) is 56.9 Å². The van der Waals surface area contributed by atoms with Gasteiger partial charge in [0.25, 0.3) is 0 Å². The minimum absolute atomic E-state index is 0.266. The number of carbonyl (C=O) groups excluding carboxylic acids is 1. The van der Waals surface area contributed by atoms with Crippen LogP contribution >= 0.6 is 11.8 Å². The van der Waals surface area contributed by atoms with Crippen LogP contribution in [0, 0.1) is 5.92 Å². The average Bonchev–Trinajstić information content (AvgIpc) is 2.81. The smallest absolute Gasteiger partial charge is 0.237 e. The first-order valence-electron chi connectivity index (χ1n) is 11.3. The van der Waals surface area contributed by atoms with Crippen LogP contribution in [0.5, 0.6) is 0 Å². The third kappa shape index (κ3) is 6.22. The summed E-state index contributed by atoms with van der Waals surface area (Å²) in [6.45, 7) is 2.24. The topological polar surface area (TPSA) is 131 Å². The molecule has 3 rings (SSSR count). The van der Waals surface area contributed by atoms with Gasteiger partial charge in [0.2, 0.25) is 5.91 Å². The van der Waals surface area contributed by atoms with E-state index in [0.29, 0.717) is 12.3 Å². The molecular formula is C23H36N2O6S. The van der Waals surface area contributed by atoms with E-state index in [9.17, 15) is 25.2 Å². The number of benzene rings is 1. The highest BCUT2D eigenvalue weighted by molar-refractivity contribution is 7.99. The molecule has 0 aliphatic carbocycles. The largest absolute Gasteiger partial charge is 0.391 e. The lowest BCUT2D eigenvalue weighted by atomic mass is 9.86.